The van der Waals surface area contributed by atoms with Gasteiger partial charge in [-0.2, -0.15) is 5.10 Å². The molecule has 4 rings (SSSR count). The van der Waals surface area contributed by atoms with Gasteiger partial charge in [0.1, 0.15) is 5.69 Å². The molecule has 33 heavy (non-hydrogen) atoms. The van der Waals surface area contributed by atoms with E-state index < -0.39 is 5.91 Å². The van der Waals surface area contributed by atoms with E-state index in [-0.39, 0.29) is 11.7 Å². The van der Waals surface area contributed by atoms with Gasteiger partial charge in [0, 0.05) is 16.8 Å². The van der Waals surface area contributed by atoms with Crippen LogP contribution >= 0.6 is 34.7 Å². The molecule has 0 saturated heterocycles. The number of thioether (sulfide) groups is 1. The number of carbonyl (C=O) groups excluding carboxylic acids is 2. The number of anilines is 1. The summed E-state index contributed by atoms with van der Waals surface area (Å²) in [4.78, 5) is 28.7. The Labute approximate surface area is 204 Å². The quantitative estimate of drug-likeness (QED) is 0.339. The summed E-state index contributed by atoms with van der Waals surface area (Å²) < 4.78 is 2.58. The number of primary amides is 1. The van der Waals surface area contributed by atoms with E-state index in [1.165, 1.54) is 23.1 Å². The molecule has 3 N–H and O–H groups in total. The second-order valence-electron chi connectivity index (χ2n) is 7.18. The molecule has 0 aliphatic heterocycles. The number of nitrogens with one attached hydrogen (secondary N) is 1. The largest absolute Gasteiger partial charge is 0.369 e. The Kier molecular flexibility index (Phi) is 7.12. The van der Waals surface area contributed by atoms with Crippen LogP contribution in [-0.2, 0) is 11.3 Å². The van der Waals surface area contributed by atoms with Crippen LogP contribution in [0, 0.1) is 6.92 Å². The Morgan fingerprint density at radius 3 is 2.58 bits per heavy atom. The smallest absolute Gasteiger partial charge is 0.261 e. The van der Waals surface area contributed by atoms with Gasteiger partial charge in [-0.15, -0.1) is 11.8 Å². The predicted octanol–water partition coefficient (Wildman–Crippen LogP) is 4.85. The van der Waals surface area contributed by atoms with E-state index in [1.807, 2.05) is 49.4 Å². The van der Waals surface area contributed by atoms with Gasteiger partial charge < -0.3 is 5.73 Å². The van der Waals surface area contributed by atoms with Crippen molar-refractivity contribution in [3.05, 3.63) is 82.6 Å². The highest BCUT2D eigenvalue weighted by atomic mass is 35.5. The number of benzene rings is 2. The van der Waals surface area contributed by atoms with Crippen molar-refractivity contribution in [2.75, 3.05) is 11.1 Å². The number of hydrogen-bond donors (Lipinski definition) is 2. The molecule has 0 aliphatic carbocycles. The van der Waals surface area contributed by atoms with Gasteiger partial charge in [0.2, 0.25) is 5.91 Å². The Hall–Kier alpha value is -3.14. The standard InChI is InChI=1S/C23H20ClN5O2S2/c1-14-22(32-13-19(25)30)33-23(26-14)27-21(31)18-12-29(11-15-5-3-2-4-6-15)28-20(18)16-7-9-17(24)10-8-16/h2-10,12H,11,13H2,1H3,(H2,25,30)(H,26,27,31). The number of nitrogens with zero attached hydrogens (tertiary/aromatic N) is 3. The molecule has 0 fully saturated rings. The van der Waals surface area contributed by atoms with E-state index in [4.69, 9.17) is 17.3 Å². The molecule has 168 valence electrons. The number of hydrogen-bond acceptors (Lipinski definition) is 6. The highest BCUT2D eigenvalue weighted by Gasteiger charge is 2.20. The van der Waals surface area contributed by atoms with E-state index in [0.717, 1.165) is 21.0 Å². The van der Waals surface area contributed by atoms with E-state index in [9.17, 15) is 9.59 Å². The normalized spacial score (nSPS) is 10.8. The number of thiazole rings is 1. The van der Waals surface area contributed by atoms with E-state index in [2.05, 4.69) is 15.4 Å². The molecule has 0 unspecified atom stereocenters. The lowest BCUT2D eigenvalue weighted by Gasteiger charge is -2.03. The van der Waals surface area contributed by atoms with Gasteiger partial charge in [0.05, 0.1) is 27.8 Å². The Morgan fingerprint density at radius 1 is 1.15 bits per heavy atom. The van der Waals surface area contributed by atoms with Crippen molar-refractivity contribution in [2.45, 2.75) is 17.7 Å². The van der Waals surface area contributed by atoms with Gasteiger partial charge in [-0.25, -0.2) is 4.98 Å². The summed E-state index contributed by atoms with van der Waals surface area (Å²) in [5.74, 6) is -0.570. The maximum Gasteiger partial charge on any atom is 0.261 e. The number of halogens is 1. The summed E-state index contributed by atoms with van der Waals surface area (Å²) in [5.41, 5.74) is 8.79. The predicted molar refractivity (Wildman–Crippen MR) is 133 cm³/mol. The van der Waals surface area contributed by atoms with Crippen LogP contribution in [0.5, 0.6) is 0 Å². The van der Waals surface area contributed by atoms with E-state index >= 15 is 0 Å². The molecule has 4 aromatic rings. The number of aromatic nitrogens is 3. The summed E-state index contributed by atoms with van der Waals surface area (Å²) in [5, 5.41) is 8.60. The minimum absolute atomic E-state index is 0.156. The molecule has 2 aromatic heterocycles. The van der Waals surface area contributed by atoms with Crippen molar-refractivity contribution < 1.29 is 9.59 Å². The minimum atomic E-state index is -0.406. The molecule has 2 amide bonds. The Morgan fingerprint density at radius 2 is 1.88 bits per heavy atom. The third kappa shape index (κ3) is 5.81. The fourth-order valence-electron chi connectivity index (χ4n) is 3.13. The van der Waals surface area contributed by atoms with Crippen molar-refractivity contribution in [1.82, 2.24) is 14.8 Å². The monoisotopic (exact) mass is 497 g/mol. The number of nitrogens with two attached hydrogens (primary N) is 1. The van der Waals surface area contributed by atoms with Crippen LogP contribution in [-0.4, -0.2) is 32.3 Å². The fourth-order valence-corrected chi connectivity index (χ4v) is 5.13. The lowest BCUT2D eigenvalue weighted by Crippen LogP contribution is -2.12. The van der Waals surface area contributed by atoms with Crippen LogP contribution in [0.4, 0.5) is 5.13 Å². The summed E-state index contributed by atoms with van der Waals surface area (Å²) in [6.45, 7) is 2.35. The first-order chi connectivity index (χ1) is 15.9. The van der Waals surface area contributed by atoms with Gasteiger partial charge in [-0.05, 0) is 24.6 Å². The lowest BCUT2D eigenvalue weighted by atomic mass is 10.1. The highest BCUT2D eigenvalue weighted by Crippen LogP contribution is 2.32. The molecule has 0 aliphatic rings. The highest BCUT2D eigenvalue weighted by molar-refractivity contribution is 8.01. The van der Waals surface area contributed by atoms with Gasteiger partial charge in [0.25, 0.3) is 5.91 Å². The van der Waals surface area contributed by atoms with Gasteiger partial charge >= 0.3 is 0 Å². The number of aryl methyl sites for hydroxylation is 1. The van der Waals surface area contributed by atoms with Crippen LogP contribution in [0.3, 0.4) is 0 Å². The average Bonchev–Trinajstić information content (AvgIpc) is 3.36. The number of rotatable bonds is 8. The maximum atomic E-state index is 13.2. The van der Waals surface area contributed by atoms with Crippen molar-refractivity contribution in [3.63, 3.8) is 0 Å². The third-order valence-corrected chi connectivity index (χ3v) is 7.34. The van der Waals surface area contributed by atoms with Crippen molar-refractivity contribution in [2.24, 2.45) is 5.73 Å². The second kappa shape index (κ2) is 10.2. The molecule has 10 heteroatoms. The SMILES string of the molecule is Cc1nc(NC(=O)c2cn(Cc3ccccc3)nc2-c2ccc(Cl)cc2)sc1SCC(N)=O. The third-order valence-electron chi connectivity index (χ3n) is 4.63. The molecule has 0 saturated carbocycles. The van der Waals surface area contributed by atoms with Crippen molar-refractivity contribution in [1.29, 1.82) is 0 Å². The van der Waals surface area contributed by atoms with Crippen LogP contribution < -0.4 is 11.1 Å². The molecule has 7 nitrogen and oxygen atoms in total. The van der Waals surface area contributed by atoms with Crippen LogP contribution in [0.1, 0.15) is 21.6 Å². The summed E-state index contributed by atoms with van der Waals surface area (Å²) in [6, 6.07) is 17.1. The topological polar surface area (TPSA) is 103 Å². The average molecular weight is 498 g/mol. The molecule has 2 heterocycles. The molecule has 0 bridgehead atoms. The summed E-state index contributed by atoms with van der Waals surface area (Å²) in [7, 11) is 0. The first-order valence-electron chi connectivity index (χ1n) is 9.96. The second-order valence-corrected chi connectivity index (χ2v) is 9.86. The Balaban J connectivity index is 1.62. The Bertz CT molecular complexity index is 1290. The molecule has 0 spiro atoms. The minimum Gasteiger partial charge on any atom is -0.369 e. The van der Waals surface area contributed by atoms with Gasteiger partial charge in [-0.1, -0.05) is 65.4 Å². The molecule has 0 atom stereocenters. The van der Waals surface area contributed by atoms with E-state index in [0.29, 0.717) is 28.0 Å². The number of carbonyl (C=O) groups is 2. The van der Waals surface area contributed by atoms with E-state index in [1.54, 1.807) is 23.0 Å². The molecule has 2 aromatic carbocycles. The molecular weight excluding hydrogens is 478 g/mol. The number of amides is 2. The lowest BCUT2D eigenvalue weighted by molar-refractivity contribution is -0.115. The summed E-state index contributed by atoms with van der Waals surface area (Å²) >= 11 is 8.65. The van der Waals surface area contributed by atoms with Crippen molar-refractivity contribution >= 4 is 51.6 Å². The van der Waals surface area contributed by atoms with Crippen molar-refractivity contribution in [3.8, 4) is 11.3 Å². The zero-order valence-corrected chi connectivity index (χ0v) is 20.0. The molecular formula is C23H20ClN5O2S2. The van der Waals surface area contributed by atoms with Gasteiger partial charge in [-0.3, -0.25) is 19.6 Å². The maximum absolute atomic E-state index is 13.2. The van der Waals surface area contributed by atoms with Gasteiger partial charge in [0.15, 0.2) is 5.13 Å². The first kappa shape index (κ1) is 23.0. The van der Waals surface area contributed by atoms with Crippen LogP contribution in [0.2, 0.25) is 5.02 Å². The fraction of sp³-hybridized carbons (Fsp3) is 0.130. The summed E-state index contributed by atoms with van der Waals surface area (Å²) in [6.07, 6.45) is 1.73. The first-order valence-corrected chi connectivity index (χ1v) is 12.1. The van der Waals surface area contributed by atoms with Crippen LogP contribution in [0.25, 0.3) is 11.3 Å². The zero-order valence-electron chi connectivity index (χ0n) is 17.6. The zero-order chi connectivity index (χ0) is 23.4. The van der Waals surface area contributed by atoms with Crippen LogP contribution in [0.15, 0.2) is 65.0 Å². The molecule has 0 radical (unpaired) electrons.